The molecular formula is C7H13N3O. The number of rotatable bonds is 6. The van der Waals surface area contributed by atoms with Gasteiger partial charge in [0.15, 0.2) is 0 Å². The smallest absolute Gasteiger partial charge is 0.120 e. The Kier molecular flexibility index (Phi) is 6.43. The van der Waals surface area contributed by atoms with Crippen molar-refractivity contribution in [3.8, 4) is 0 Å². The van der Waals surface area contributed by atoms with E-state index in [9.17, 15) is 4.79 Å². The largest absolute Gasteiger partial charge is 0.303 e. The fourth-order valence-electron chi connectivity index (χ4n) is 0.847. The van der Waals surface area contributed by atoms with Crippen LogP contribution in [0.3, 0.4) is 0 Å². The molecule has 0 radical (unpaired) electrons. The van der Waals surface area contributed by atoms with Crippen LogP contribution in [0.1, 0.15) is 32.6 Å². The zero-order chi connectivity index (χ0) is 8.53. The minimum atomic E-state index is -0.127. The zero-order valence-corrected chi connectivity index (χ0v) is 6.73. The number of nitrogens with zero attached hydrogens (tertiary/aromatic N) is 3. The van der Waals surface area contributed by atoms with Gasteiger partial charge in [0.25, 0.3) is 0 Å². The van der Waals surface area contributed by atoms with E-state index in [2.05, 4.69) is 16.9 Å². The number of unbranched alkanes of at least 4 members (excludes halogenated alkanes) is 1. The second-order valence-corrected chi connectivity index (χ2v) is 2.40. The van der Waals surface area contributed by atoms with Crippen LogP contribution in [0.15, 0.2) is 5.11 Å². The summed E-state index contributed by atoms with van der Waals surface area (Å²) >= 11 is 0. The van der Waals surface area contributed by atoms with Gasteiger partial charge in [-0.15, -0.1) is 0 Å². The maximum absolute atomic E-state index is 10.1. The zero-order valence-electron chi connectivity index (χ0n) is 6.73. The summed E-state index contributed by atoms with van der Waals surface area (Å²) in [6, 6.07) is -0.127. The number of aldehydes is 1. The molecular weight excluding hydrogens is 142 g/mol. The third kappa shape index (κ3) is 5.43. The van der Waals surface area contributed by atoms with Crippen LogP contribution in [0.4, 0.5) is 0 Å². The molecule has 0 saturated carbocycles. The van der Waals surface area contributed by atoms with E-state index < -0.39 is 0 Å². The second-order valence-electron chi connectivity index (χ2n) is 2.40. The number of azide groups is 1. The van der Waals surface area contributed by atoms with Crippen molar-refractivity contribution in [1.82, 2.24) is 0 Å². The fourth-order valence-corrected chi connectivity index (χ4v) is 0.847. The van der Waals surface area contributed by atoms with Gasteiger partial charge >= 0.3 is 0 Å². The predicted octanol–water partition coefficient (Wildman–Crippen LogP) is 2.44. The molecule has 0 spiro atoms. The summed E-state index contributed by atoms with van der Waals surface area (Å²) in [5, 5.41) is 3.50. The Bertz CT molecular complexity index is 152. The van der Waals surface area contributed by atoms with E-state index in [-0.39, 0.29) is 6.04 Å². The normalized spacial score (nSPS) is 11.7. The predicted molar refractivity (Wildman–Crippen MR) is 43.1 cm³/mol. The van der Waals surface area contributed by atoms with Crippen molar-refractivity contribution in [3.05, 3.63) is 10.4 Å². The van der Waals surface area contributed by atoms with Crippen molar-refractivity contribution < 1.29 is 4.79 Å². The minimum absolute atomic E-state index is 0.127. The first kappa shape index (κ1) is 9.98. The molecule has 1 atom stereocenters. The van der Waals surface area contributed by atoms with Crippen LogP contribution in [-0.4, -0.2) is 12.3 Å². The van der Waals surface area contributed by atoms with Crippen LogP contribution in [0, 0.1) is 0 Å². The summed E-state index contributed by atoms with van der Waals surface area (Å²) in [5.74, 6) is 0. The van der Waals surface area contributed by atoms with Crippen molar-refractivity contribution >= 4 is 6.29 Å². The van der Waals surface area contributed by atoms with Crippen LogP contribution < -0.4 is 0 Å². The molecule has 0 bridgehead atoms. The van der Waals surface area contributed by atoms with Crippen LogP contribution in [-0.2, 0) is 4.79 Å². The molecule has 0 aromatic rings. The Labute approximate surface area is 66.2 Å². The highest BCUT2D eigenvalue weighted by atomic mass is 16.1. The molecule has 0 aliphatic carbocycles. The van der Waals surface area contributed by atoms with Gasteiger partial charge in [-0.1, -0.05) is 24.9 Å². The number of carbonyl (C=O) groups is 1. The van der Waals surface area contributed by atoms with E-state index in [1.165, 1.54) is 0 Å². The third-order valence-corrected chi connectivity index (χ3v) is 1.47. The maximum Gasteiger partial charge on any atom is 0.120 e. The average molecular weight is 155 g/mol. The van der Waals surface area contributed by atoms with Crippen LogP contribution in [0.25, 0.3) is 10.4 Å². The summed E-state index contributed by atoms with van der Waals surface area (Å²) in [5.41, 5.74) is 8.11. The Balaban J connectivity index is 3.68. The molecule has 0 fully saturated rings. The molecule has 62 valence electrons. The van der Waals surface area contributed by atoms with Gasteiger partial charge in [-0.25, -0.2) is 0 Å². The Hall–Kier alpha value is -1.02. The molecule has 0 amide bonds. The molecule has 0 saturated heterocycles. The fraction of sp³-hybridized carbons (Fsp3) is 0.857. The van der Waals surface area contributed by atoms with Crippen LogP contribution in [0.5, 0.6) is 0 Å². The summed E-state index contributed by atoms with van der Waals surface area (Å²) in [4.78, 5) is 12.7. The first-order valence-corrected chi connectivity index (χ1v) is 3.83. The topological polar surface area (TPSA) is 65.8 Å². The van der Waals surface area contributed by atoms with Crippen molar-refractivity contribution in [3.63, 3.8) is 0 Å². The minimum Gasteiger partial charge on any atom is -0.303 e. The lowest BCUT2D eigenvalue weighted by molar-refractivity contribution is -0.108. The van der Waals surface area contributed by atoms with Gasteiger partial charge in [0.1, 0.15) is 6.29 Å². The first-order chi connectivity index (χ1) is 5.35. The van der Waals surface area contributed by atoms with Gasteiger partial charge in [0.05, 0.1) is 0 Å². The van der Waals surface area contributed by atoms with Crippen molar-refractivity contribution in [1.29, 1.82) is 0 Å². The van der Waals surface area contributed by atoms with Crippen LogP contribution >= 0.6 is 0 Å². The quantitative estimate of drug-likeness (QED) is 0.251. The Morgan fingerprint density at radius 3 is 2.91 bits per heavy atom. The van der Waals surface area contributed by atoms with Gasteiger partial charge < -0.3 is 4.79 Å². The first-order valence-electron chi connectivity index (χ1n) is 3.83. The van der Waals surface area contributed by atoms with Gasteiger partial charge in [0.2, 0.25) is 0 Å². The number of hydrogen-bond acceptors (Lipinski definition) is 2. The van der Waals surface area contributed by atoms with E-state index >= 15 is 0 Å². The molecule has 4 heteroatoms. The summed E-state index contributed by atoms with van der Waals surface area (Å²) in [6.45, 7) is 2.06. The van der Waals surface area contributed by atoms with E-state index in [1.54, 1.807) is 0 Å². The molecule has 0 heterocycles. The number of carbonyl (C=O) groups excluding carboxylic acids is 1. The standard InChI is InChI=1S/C7H13N3O/c1-2-3-4-7(5-6-11)9-10-8/h6-7H,2-5H2,1H3. The SMILES string of the molecule is CCCCC(CC=O)N=[N+]=[N-]. The van der Waals surface area contributed by atoms with Gasteiger partial charge in [0, 0.05) is 17.4 Å². The maximum atomic E-state index is 10.1. The molecule has 0 aromatic carbocycles. The average Bonchev–Trinajstić information content (AvgIpc) is 2.01. The third-order valence-electron chi connectivity index (χ3n) is 1.47. The lowest BCUT2D eigenvalue weighted by Crippen LogP contribution is -2.03. The highest BCUT2D eigenvalue weighted by molar-refractivity contribution is 5.50. The summed E-state index contributed by atoms with van der Waals surface area (Å²) in [6.07, 6.45) is 4.05. The molecule has 0 aliphatic rings. The second kappa shape index (κ2) is 7.09. The highest BCUT2D eigenvalue weighted by Crippen LogP contribution is 2.07. The monoisotopic (exact) mass is 155 g/mol. The van der Waals surface area contributed by atoms with Crippen molar-refractivity contribution in [2.75, 3.05) is 0 Å². The van der Waals surface area contributed by atoms with Gasteiger partial charge in [-0.05, 0) is 12.0 Å². The van der Waals surface area contributed by atoms with Crippen LogP contribution in [0.2, 0.25) is 0 Å². The highest BCUT2D eigenvalue weighted by Gasteiger charge is 2.03. The lowest BCUT2D eigenvalue weighted by atomic mass is 10.1. The van der Waals surface area contributed by atoms with Gasteiger partial charge in [-0.2, -0.15) is 0 Å². The van der Waals surface area contributed by atoms with E-state index in [4.69, 9.17) is 5.53 Å². The molecule has 0 N–H and O–H groups in total. The lowest BCUT2D eigenvalue weighted by Gasteiger charge is -2.03. The molecule has 11 heavy (non-hydrogen) atoms. The molecule has 0 aromatic heterocycles. The summed E-state index contributed by atoms with van der Waals surface area (Å²) in [7, 11) is 0. The van der Waals surface area contributed by atoms with Gasteiger partial charge in [-0.3, -0.25) is 0 Å². The Morgan fingerprint density at radius 2 is 2.45 bits per heavy atom. The van der Waals surface area contributed by atoms with Crippen molar-refractivity contribution in [2.24, 2.45) is 5.11 Å². The molecule has 1 unspecified atom stereocenters. The Morgan fingerprint density at radius 1 is 1.73 bits per heavy atom. The van der Waals surface area contributed by atoms with E-state index in [0.717, 1.165) is 25.5 Å². The summed E-state index contributed by atoms with van der Waals surface area (Å²) < 4.78 is 0. The van der Waals surface area contributed by atoms with E-state index in [1.807, 2.05) is 0 Å². The molecule has 0 rings (SSSR count). The molecule has 0 aliphatic heterocycles. The number of hydrogen-bond donors (Lipinski definition) is 0. The van der Waals surface area contributed by atoms with E-state index in [0.29, 0.717) is 6.42 Å². The molecule has 4 nitrogen and oxygen atoms in total. The van der Waals surface area contributed by atoms with Crippen molar-refractivity contribution in [2.45, 2.75) is 38.6 Å².